The summed E-state index contributed by atoms with van der Waals surface area (Å²) >= 11 is 0. The number of hydrogen-bond acceptors (Lipinski definition) is 1. The number of rotatable bonds is 1. The molecule has 1 nitrogen and oxygen atoms in total. The fraction of sp³-hybridized carbons (Fsp3) is 0.429. The van der Waals surface area contributed by atoms with E-state index in [1.165, 1.54) is 16.7 Å². The van der Waals surface area contributed by atoms with Crippen LogP contribution in [0.25, 0.3) is 5.57 Å². The first-order valence-corrected chi connectivity index (χ1v) is 5.59. The topological polar surface area (TPSA) is 20.2 Å². The Morgan fingerprint density at radius 1 is 1.27 bits per heavy atom. The van der Waals surface area contributed by atoms with Gasteiger partial charge in [-0.1, -0.05) is 44.2 Å². The van der Waals surface area contributed by atoms with Gasteiger partial charge in [-0.3, -0.25) is 0 Å². The zero-order chi connectivity index (χ0) is 10.6. The minimum atomic E-state index is -0.157. The van der Waals surface area contributed by atoms with Crippen molar-refractivity contribution in [3.8, 4) is 0 Å². The molecule has 0 heterocycles. The molecule has 0 radical (unpaired) electrons. The molecule has 2 aliphatic rings. The van der Waals surface area contributed by atoms with Gasteiger partial charge in [0.1, 0.15) is 0 Å². The van der Waals surface area contributed by atoms with Crippen molar-refractivity contribution in [1.82, 2.24) is 0 Å². The lowest BCUT2D eigenvalue weighted by Gasteiger charge is -2.06. The van der Waals surface area contributed by atoms with Crippen molar-refractivity contribution < 1.29 is 5.11 Å². The first-order chi connectivity index (χ1) is 7.12. The van der Waals surface area contributed by atoms with Crippen LogP contribution in [0, 0.1) is 11.3 Å². The standard InChI is InChI=1S/C14H16O/c1-14(2)12(13(14)15)11-8-7-9-5-3-4-6-10(9)11/h3-6,8,12-13,15H,7H2,1-2H3/t12-,13-/m1/s1. The number of fused-ring (bicyclic) bond motifs is 1. The van der Waals surface area contributed by atoms with Gasteiger partial charge in [0.15, 0.2) is 0 Å². The molecule has 1 fully saturated rings. The van der Waals surface area contributed by atoms with E-state index in [0.717, 1.165) is 6.42 Å². The van der Waals surface area contributed by atoms with Crippen LogP contribution in [0.4, 0.5) is 0 Å². The average molecular weight is 200 g/mol. The van der Waals surface area contributed by atoms with Gasteiger partial charge < -0.3 is 5.11 Å². The third kappa shape index (κ3) is 1.13. The molecule has 15 heavy (non-hydrogen) atoms. The van der Waals surface area contributed by atoms with Crippen LogP contribution < -0.4 is 0 Å². The second-order valence-electron chi connectivity index (χ2n) is 5.26. The van der Waals surface area contributed by atoms with Gasteiger partial charge in [0.2, 0.25) is 0 Å². The van der Waals surface area contributed by atoms with Gasteiger partial charge in [0.25, 0.3) is 0 Å². The first kappa shape index (κ1) is 9.17. The van der Waals surface area contributed by atoms with Gasteiger partial charge in [-0.05, 0) is 23.1 Å². The molecule has 1 aromatic carbocycles. The van der Waals surface area contributed by atoms with E-state index < -0.39 is 0 Å². The van der Waals surface area contributed by atoms with Gasteiger partial charge in [-0.2, -0.15) is 0 Å². The fourth-order valence-corrected chi connectivity index (χ4v) is 2.79. The molecule has 0 unspecified atom stereocenters. The predicted molar refractivity (Wildman–Crippen MR) is 61.4 cm³/mol. The molecule has 1 saturated carbocycles. The van der Waals surface area contributed by atoms with Crippen molar-refractivity contribution in [1.29, 1.82) is 0 Å². The Bertz CT molecular complexity index is 442. The first-order valence-electron chi connectivity index (χ1n) is 5.59. The van der Waals surface area contributed by atoms with Crippen LogP contribution in [0.1, 0.15) is 25.0 Å². The van der Waals surface area contributed by atoms with Crippen molar-refractivity contribution in [2.24, 2.45) is 11.3 Å². The molecule has 0 spiro atoms. The predicted octanol–water partition coefficient (Wildman–Crippen LogP) is 2.64. The molecule has 2 atom stereocenters. The van der Waals surface area contributed by atoms with Crippen molar-refractivity contribution in [2.75, 3.05) is 0 Å². The second kappa shape index (κ2) is 2.73. The molecular weight excluding hydrogens is 184 g/mol. The van der Waals surface area contributed by atoms with Gasteiger partial charge in [0, 0.05) is 11.3 Å². The summed E-state index contributed by atoms with van der Waals surface area (Å²) in [5, 5.41) is 9.90. The molecule has 0 amide bonds. The SMILES string of the molecule is CC1(C)[C@H](O)[C@H]1C1=CCc2ccccc21. The molecule has 2 aliphatic carbocycles. The monoisotopic (exact) mass is 200 g/mol. The normalized spacial score (nSPS) is 31.0. The van der Waals surface area contributed by atoms with E-state index in [1.807, 2.05) is 0 Å². The van der Waals surface area contributed by atoms with Crippen LogP contribution >= 0.6 is 0 Å². The second-order valence-corrected chi connectivity index (χ2v) is 5.26. The van der Waals surface area contributed by atoms with E-state index in [4.69, 9.17) is 0 Å². The molecule has 3 rings (SSSR count). The van der Waals surface area contributed by atoms with Gasteiger partial charge >= 0.3 is 0 Å². The Morgan fingerprint density at radius 2 is 1.93 bits per heavy atom. The van der Waals surface area contributed by atoms with Crippen LogP contribution in [-0.2, 0) is 6.42 Å². The molecule has 0 aliphatic heterocycles. The lowest BCUT2D eigenvalue weighted by atomic mass is 9.98. The molecular formula is C14H16O. The van der Waals surface area contributed by atoms with Crippen LogP contribution in [-0.4, -0.2) is 11.2 Å². The van der Waals surface area contributed by atoms with Crippen LogP contribution in [0.2, 0.25) is 0 Å². The third-order valence-electron chi connectivity index (χ3n) is 3.98. The minimum Gasteiger partial charge on any atom is -0.392 e. The smallest absolute Gasteiger partial charge is 0.0672 e. The van der Waals surface area contributed by atoms with Crippen LogP contribution in [0.3, 0.4) is 0 Å². The highest BCUT2D eigenvalue weighted by molar-refractivity contribution is 5.77. The lowest BCUT2D eigenvalue weighted by molar-refractivity contribution is 0.233. The number of allylic oxidation sites excluding steroid dienone is 1. The van der Waals surface area contributed by atoms with Gasteiger partial charge in [-0.15, -0.1) is 0 Å². The highest BCUT2D eigenvalue weighted by Crippen LogP contribution is 2.59. The summed E-state index contributed by atoms with van der Waals surface area (Å²) in [5.74, 6) is 0.348. The summed E-state index contributed by atoms with van der Waals surface area (Å²) in [4.78, 5) is 0. The molecule has 1 heteroatoms. The summed E-state index contributed by atoms with van der Waals surface area (Å²) < 4.78 is 0. The number of benzene rings is 1. The Morgan fingerprint density at radius 3 is 2.60 bits per heavy atom. The molecule has 78 valence electrons. The Balaban J connectivity index is 1.99. The summed E-state index contributed by atoms with van der Waals surface area (Å²) in [6.07, 6.45) is 3.16. The maximum atomic E-state index is 9.90. The van der Waals surface area contributed by atoms with E-state index in [-0.39, 0.29) is 11.5 Å². The molecule has 0 bridgehead atoms. The number of hydrogen-bond donors (Lipinski definition) is 1. The molecule has 0 aromatic heterocycles. The van der Waals surface area contributed by atoms with E-state index in [0.29, 0.717) is 5.92 Å². The minimum absolute atomic E-state index is 0.0727. The van der Waals surface area contributed by atoms with Crippen LogP contribution in [0.15, 0.2) is 30.3 Å². The number of aliphatic hydroxyl groups excluding tert-OH is 1. The van der Waals surface area contributed by atoms with Crippen LogP contribution in [0.5, 0.6) is 0 Å². The molecule has 0 saturated heterocycles. The van der Waals surface area contributed by atoms with Gasteiger partial charge in [-0.25, -0.2) is 0 Å². The average Bonchev–Trinajstić information content (AvgIpc) is 2.63. The lowest BCUT2D eigenvalue weighted by Crippen LogP contribution is -1.93. The van der Waals surface area contributed by atoms with E-state index >= 15 is 0 Å². The maximum Gasteiger partial charge on any atom is 0.0672 e. The summed E-state index contributed by atoms with van der Waals surface area (Å²) in [7, 11) is 0. The summed E-state index contributed by atoms with van der Waals surface area (Å²) in [6.45, 7) is 4.29. The van der Waals surface area contributed by atoms with Crippen molar-refractivity contribution in [2.45, 2.75) is 26.4 Å². The Kier molecular flexibility index (Phi) is 1.67. The Hall–Kier alpha value is -1.08. The van der Waals surface area contributed by atoms with E-state index in [2.05, 4.69) is 44.2 Å². The maximum absolute atomic E-state index is 9.90. The number of aliphatic hydroxyl groups is 1. The quantitative estimate of drug-likeness (QED) is 0.739. The van der Waals surface area contributed by atoms with Crippen molar-refractivity contribution in [3.63, 3.8) is 0 Å². The third-order valence-corrected chi connectivity index (χ3v) is 3.98. The highest BCUT2D eigenvalue weighted by Gasteiger charge is 2.59. The zero-order valence-electron chi connectivity index (χ0n) is 9.20. The largest absolute Gasteiger partial charge is 0.392 e. The zero-order valence-corrected chi connectivity index (χ0v) is 9.20. The van der Waals surface area contributed by atoms with Crippen molar-refractivity contribution >= 4 is 5.57 Å². The van der Waals surface area contributed by atoms with Crippen molar-refractivity contribution in [3.05, 3.63) is 41.5 Å². The van der Waals surface area contributed by atoms with E-state index in [1.54, 1.807) is 0 Å². The summed E-state index contributed by atoms with van der Waals surface area (Å²) in [6, 6.07) is 8.53. The summed E-state index contributed by atoms with van der Waals surface area (Å²) in [5.41, 5.74) is 4.20. The molecule has 1 aromatic rings. The molecule has 1 N–H and O–H groups in total. The Labute approximate surface area is 90.4 Å². The van der Waals surface area contributed by atoms with E-state index in [9.17, 15) is 5.11 Å². The highest BCUT2D eigenvalue weighted by atomic mass is 16.3. The fourth-order valence-electron chi connectivity index (χ4n) is 2.79. The van der Waals surface area contributed by atoms with Gasteiger partial charge in [0.05, 0.1) is 6.10 Å².